The van der Waals surface area contributed by atoms with Gasteiger partial charge < -0.3 is 5.11 Å². The number of nitro groups is 1. The summed E-state index contributed by atoms with van der Waals surface area (Å²) >= 11 is 0. The lowest BCUT2D eigenvalue weighted by Gasteiger charge is -1.98. The summed E-state index contributed by atoms with van der Waals surface area (Å²) in [4.78, 5) is 9.31. The molecule has 0 amide bonds. The van der Waals surface area contributed by atoms with Crippen LogP contribution in [0, 0.1) is 15.9 Å². The van der Waals surface area contributed by atoms with Gasteiger partial charge in [0.15, 0.2) is 0 Å². The molecule has 0 aliphatic carbocycles. The number of aliphatic hydroxyl groups excluding tert-OH is 1. The Hall–Kier alpha value is -1.75. The molecule has 0 heterocycles. The minimum atomic E-state index is -0.676. The van der Waals surface area contributed by atoms with E-state index in [9.17, 15) is 14.5 Å². The molecule has 74 valence electrons. The monoisotopic (exact) mass is 197 g/mol. The Kier molecular flexibility index (Phi) is 3.30. The number of nitrogens with zero attached hydrogens (tertiary/aromatic N) is 1. The third-order valence-corrected chi connectivity index (χ3v) is 1.62. The van der Waals surface area contributed by atoms with Gasteiger partial charge in [-0.1, -0.05) is 6.07 Å². The summed E-state index contributed by atoms with van der Waals surface area (Å²) in [5, 5.41) is 18.7. The Labute approximate surface area is 79.4 Å². The molecule has 5 heteroatoms. The normalized spacial score (nSPS) is 10.7. The van der Waals surface area contributed by atoms with Gasteiger partial charge in [0.2, 0.25) is 6.20 Å². The quantitative estimate of drug-likeness (QED) is 0.590. The van der Waals surface area contributed by atoms with Crippen LogP contribution in [0.3, 0.4) is 0 Å². The van der Waals surface area contributed by atoms with Crippen LogP contribution in [0.2, 0.25) is 0 Å². The Morgan fingerprint density at radius 1 is 1.57 bits per heavy atom. The minimum Gasteiger partial charge on any atom is -0.392 e. The van der Waals surface area contributed by atoms with Crippen molar-refractivity contribution < 1.29 is 14.4 Å². The van der Waals surface area contributed by atoms with Crippen molar-refractivity contribution in [3.8, 4) is 0 Å². The Morgan fingerprint density at radius 2 is 2.29 bits per heavy atom. The highest BCUT2D eigenvalue weighted by Crippen LogP contribution is 2.12. The lowest BCUT2D eigenvalue weighted by molar-refractivity contribution is -0.400. The second kappa shape index (κ2) is 4.48. The molecule has 14 heavy (non-hydrogen) atoms. The van der Waals surface area contributed by atoms with Crippen LogP contribution in [-0.2, 0) is 6.61 Å². The summed E-state index contributed by atoms with van der Waals surface area (Å²) < 4.78 is 13.0. The minimum absolute atomic E-state index is 0.0910. The molecule has 0 bridgehead atoms. The van der Waals surface area contributed by atoms with Crippen molar-refractivity contribution in [1.82, 2.24) is 0 Å². The van der Waals surface area contributed by atoms with Gasteiger partial charge >= 0.3 is 0 Å². The summed E-state index contributed by atoms with van der Waals surface area (Å²) in [6.07, 6.45) is 1.70. The van der Waals surface area contributed by atoms with Crippen LogP contribution in [0.15, 0.2) is 24.4 Å². The van der Waals surface area contributed by atoms with Crippen molar-refractivity contribution in [3.05, 3.63) is 51.5 Å². The highest BCUT2D eigenvalue weighted by Gasteiger charge is 2.01. The van der Waals surface area contributed by atoms with Crippen molar-refractivity contribution in [2.45, 2.75) is 6.61 Å². The van der Waals surface area contributed by atoms with Crippen LogP contribution in [0.25, 0.3) is 6.08 Å². The van der Waals surface area contributed by atoms with Crippen LogP contribution in [0.1, 0.15) is 11.1 Å². The Morgan fingerprint density at radius 3 is 2.86 bits per heavy atom. The molecule has 0 aromatic heterocycles. The van der Waals surface area contributed by atoms with E-state index in [1.165, 1.54) is 12.1 Å². The van der Waals surface area contributed by atoms with E-state index in [1.54, 1.807) is 0 Å². The average molecular weight is 197 g/mol. The van der Waals surface area contributed by atoms with E-state index in [0.29, 0.717) is 11.8 Å². The van der Waals surface area contributed by atoms with E-state index in [4.69, 9.17) is 5.11 Å². The standard InChI is InChI=1S/C9H8FNO3/c10-9-2-1-7(6-12)5-8(9)3-4-11(13)14/h1-5,12H,6H2/b4-3+. The fourth-order valence-electron chi connectivity index (χ4n) is 0.960. The lowest BCUT2D eigenvalue weighted by Crippen LogP contribution is -1.89. The first-order valence-corrected chi connectivity index (χ1v) is 3.84. The molecule has 0 atom stereocenters. The van der Waals surface area contributed by atoms with Gasteiger partial charge in [-0.05, 0) is 17.7 Å². The Bertz CT molecular complexity index is 376. The molecule has 1 N–H and O–H groups in total. The van der Waals surface area contributed by atoms with E-state index in [0.717, 1.165) is 12.1 Å². The number of hydrogen-bond acceptors (Lipinski definition) is 3. The van der Waals surface area contributed by atoms with Gasteiger partial charge in [-0.25, -0.2) is 4.39 Å². The first-order chi connectivity index (χ1) is 6.63. The highest BCUT2D eigenvalue weighted by atomic mass is 19.1. The molecule has 0 saturated carbocycles. The molecule has 0 radical (unpaired) electrons. The largest absolute Gasteiger partial charge is 0.392 e. The van der Waals surface area contributed by atoms with Gasteiger partial charge in [-0.2, -0.15) is 0 Å². The molecule has 0 fully saturated rings. The number of halogens is 1. The maximum absolute atomic E-state index is 13.0. The number of aliphatic hydroxyl groups is 1. The summed E-state index contributed by atoms with van der Waals surface area (Å²) in [6.45, 7) is -0.223. The van der Waals surface area contributed by atoms with Crippen molar-refractivity contribution in [1.29, 1.82) is 0 Å². The molecule has 0 spiro atoms. The van der Waals surface area contributed by atoms with Gasteiger partial charge in [-0.3, -0.25) is 10.1 Å². The second-order valence-electron chi connectivity index (χ2n) is 2.62. The molecule has 4 nitrogen and oxygen atoms in total. The molecule has 0 aliphatic rings. The van der Waals surface area contributed by atoms with Crippen LogP contribution in [-0.4, -0.2) is 10.0 Å². The molecule has 0 aliphatic heterocycles. The molecule has 1 rings (SSSR count). The van der Waals surface area contributed by atoms with E-state index in [2.05, 4.69) is 0 Å². The van der Waals surface area contributed by atoms with Crippen molar-refractivity contribution in [2.24, 2.45) is 0 Å². The topological polar surface area (TPSA) is 63.4 Å². The van der Waals surface area contributed by atoms with Gasteiger partial charge in [0.25, 0.3) is 0 Å². The summed E-state index contributed by atoms with van der Waals surface area (Å²) in [7, 11) is 0. The predicted octanol–water partition coefficient (Wildman–Crippen LogP) is 1.57. The molecular weight excluding hydrogens is 189 g/mol. The van der Waals surface area contributed by atoms with Crippen molar-refractivity contribution >= 4 is 6.08 Å². The fraction of sp³-hybridized carbons (Fsp3) is 0.111. The molecule has 0 saturated heterocycles. The molecule has 0 unspecified atom stereocenters. The van der Waals surface area contributed by atoms with Crippen molar-refractivity contribution in [3.63, 3.8) is 0 Å². The first kappa shape index (κ1) is 10.3. The van der Waals surface area contributed by atoms with Gasteiger partial charge in [0.05, 0.1) is 11.5 Å². The third kappa shape index (κ3) is 2.63. The lowest BCUT2D eigenvalue weighted by atomic mass is 10.1. The highest BCUT2D eigenvalue weighted by molar-refractivity contribution is 5.50. The number of benzene rings is 1. The van der Waals surface area contributed by atoms with E-state index in [-0.39, 0.29) is 12.2 Å². The Balaban J connectivity index is 3.00. The van der Waals surface area contributed by atoms with E-state index in [1.807, 2.05) is 0 Å². The summed E-state index contributed by atoms with van der Waals surface area (Å²) in [5.74, 6) is -0.555. The zero-order chi connectivity index (χ0) is 10.6. The molecule has 1 aromatic carbocycles. The smallest absolute Gasteiger partial charge is 0.235 e. The van der Waals surface area contributed by atoms with Crippen LogP contribution < -0.4 is 0 Å². The molecular formula is C9H8FNO3. The first-order valence-electron chi connectivity index (χ1n) is 3.84. The summed E-state index contributed by atoms with van der Waals surface area (Å²) in [5.41, 5.74) is 0.600. The number of rotatable bonds is 3. The average Bonchev–Trinajstić information content (AvgIpc) is 2.16. The zero-order valence-electron chi connectivity index (χ0n) is 7.18. The van der Waals surface area contributed by atoms with Crippen LogP contribution in [0.5, 0.6) is 0 Å². The van der Waals surface area contributed by atoms with E-state index < -0.39 is 10.7 Å². The van der Waals surface area contributed by atoms with Crippen LogP contribution >= 0.6 is 0 Å². The SMILES string of the molecule is O=[N+]([O-])/C=C/c1cc(CO)ccc1F. The second-order valence-corrected chi connectivity index (χ2v) is 2.62. The van der Waals surface area contributed by atoms with Crippen molar-refractivity contribution in [2.75, 3.05) is 0 Å². The zero-order valence-corrected chi connectivity index (χ0v) is 7.18. The van der Waals surface area contributed by atoms with Gasteiger partial charge in [0.1, 0.15) is 5.82 Å². The maximum atomic E-state index is 13.0. The predicted molar refractivity (Wildman–Crippen MR) is 48.4 cm³/mol. The van der Waals surface area contributed by atoms with Gasteiger partial charge in [0, 0.05) is 11.6 Å². The van der Waals surface area contributed by atoms with Gasteiger partial charge in [-0.15, -0.1) is 0 Å². The fourth-order valence-corrected chi connectivity index (χ4v) is 0.960. The number of hydrogen-bond donors (Lipinski definition) is 1. The summed E-state index contributed by atoms with van der Waals surface area (Å²) in [6, 6.07) is 3.93. The van der Waals surface area contributed by atoms with E-state index >= 15 is 0 Å². The van der Waals surface area contributed by atoms with Crippen LogP contribution in [0.4, 0.5) is 4.39 Å². The third-order valence-electron chi connectivity index (χ3n) is 1.62. The maximum Gasteiger partial charge on any atom is 0.235 e. The molecule has 1 aromatic rings.